The van der Waals surface area contributed by atoms with Crippen LogP contribution in [0.2, 0.25) is 0 Å². The van der Waals surface area contributed by atoms with E-state index in [1.165, 1.54) is 0 Å². The molecule has 0 aliphatic heterocycles. The zero-order valence-electron chi connectivity index (χ0n) is 15.4. The molecule has 5 heteroatoms. The molecule has 0 fully saturated rings. The summed E-state index contributed by atoms with van der Waals surface area (Å²) in [7, 11) is 0. The molecular weight excluding hydrogens is 318 g/mol. The van der Waals surface area contributed by atoms with E-state index in [4.69, 9.17) is 0 Å². The third kappa shape index (κ3) is 14.3. The number of hydrogen-bond acceptors (Lipinski definition) is 4. The van der Waals surface area contributed by atoms with Crippen LogP contribution in [0, 0.1) is 10.1 Å². The molecule has 0 aromatic rings. The van der Waals surface area contributed by atoms with Crippen LogP contribution in [-0.2, 0) is 4.79 Å². The van der Waals surface area contributed by atoms with E-state index in [2.05, 4.69) is 25.2 Å². The molecule has 0 heterocycles. The summed E-state index contributed by atoms with van der Waals surface area (Å²) in [6, 6.07) is -0.912. The molecule has 5 nitrogen and oxygen atoms in total. The van der Waals surface area contributed by atoms with Crippen molar-refractivity contribution < 1.29 is 14.8 Å². The number of carbonyl (C=O) groups excluding carboxylic acids is 1. The minimum absolute atomic E-state index is 0.306. The fraction of sp³-hybridized carbons (Fsp3) is 0.650. The number of aldehydes is 1. The summed E-state index contributed by atoms with van der Waals surface area (Å²) in [5.41, 5.74) is 0. The molecule has 0 spiro atoms. The quantitative estimate of drug-likeness (QED) is 0.143. The van der Waals surface area contributed by atoms with Gasteiger partial charge in [0.15, 0.2) is 0 Å². The molecule has 0 aromatic heterocycles. The van der Waals surface area contributed by atoms with Gasteiger partial charge in [0.25, 0.3) is 0 Å². The molecule has 0 aliphatic rings. The van der Waals surface area contributed by atoms with E-state index in [0.29, 0.717) is 25.7 Å². The molecule has 0 rings (SSSR count). The summed E-state index contributed by atoms with van der Waals surface area (Å²) in [4.78, 5) is 21.0. The Bertz CT molecular complexity index is 429. The summed E-state index contributed by atoms with van der Waals surface area (Å²) >= 11 is 0. The van der Waals surface area contributed by atoms with E-state index in [9.17, 15) is 20.0 Å². The second-order valence-electron chi connectivity index (χ2n) is 6.11. The van der Waals surface area contributed by atoms with Gasteiger partial charge in [-0.1, -0.05) is 56.2 Å². The van der Waals surface area contributed by atoms with E-state index in [1.807, 2.05) is 18.2 Å². The molecule has 0 aliphatic carbocycles. The van der Waals surface area contributed by atoms with Crippen molar-refractivity contribution in [2.45, 2.75) is 83.3 Å². The first-order chi connectivity index (χ1) is 12.1. The van der Waals surface area contributed by atoms with Gasteiger partial charge in [-0.05, 0) is 38.5 Å². The van der Waals surface area contributed by atoms with Gasteiger partial charge < -0.3 is 9.90 Å². The van der Waals surface area contributed by atoms with Crippen molar-refractivity contribution in [3.8, 4) is 0 Å². The Kier molecular flexibility index (Phi) is 15.9. The lowest BCUT2D eigenvalue weighted by Crippen LogP contribution is -2.33. The Hall–Kier alpha value is -1.75. The first kappa shape index (κ1) is 23.2. The highest BCUT2D eigenvalue weighted by Crippen LogP contribution is 2.14. The van der Waals surface area contributed by atoms with Crippen LogP contribution in [-0.4, -0.2) is 28.5 Å². The molecule has 0 aromatic carbocycles. The normalized spacial score (nSPS) is 14.5. The fourth-order valence-corrected chi connectivity index (χ4v) is 2.47. The third-order valence-corrected chi connectivity index (χ3v) is 3.94. The standard InChI is InChI=1S/C20H33NO4/c1-2-3-4-5-6-7-8-11-14-17-20(23)19(21(24)25)16-13-10-9-12-15-18-22/h3-4,6-7,11,14,18-20,23H,2,5,8-10,12-13,15-17H2,1H3/b4-3-,7-6-,14-11-. The average molecular weight is 351 g/mol. The minimum atomic E-state index is -0.947. The number of allylic oxidation sites excluding steroid dienone is 5. The maximum Gasteiger partial charge on any atom is 0.238 e. The van der Waals surface area contributed by atoms with Crippen molar-refractivity contribution in [1.29, 1.82) is 0 Å². The van der Waals surface area contributed by atoms with Crippen LogP contribution in [0.25, 0.3) is 0 Å². The van der Waals surface area contributed by atoms with E-state index >= 15 is 0 Å². The maximum atomic E-state index is 11.1. The SMILES string of the molecule is CC/C=C\C/C=C\C/C=C\CC(O)C(CCCCCCC=O)[N+](=O)[O-]. The Labute approximate surface area is 151 Å². The topological polar surface area (TPSA) is 80.4 Å². The van der Waals surface area contributed by atoms with Crippen molar-refractivity contribution in [3.05, 3.63) is 46.6 Å². The first-order valence-electron chi connectivity index (χ1n) is 9.33. The summed E-state index contributed by atoms with van der Waals surface area (Å²) in [6.45, 7) is 2.10. The van der Waals surface area contributed by atoms with Crippen LogP contribution in [0.1, 0.15) is 71.1 Å². The number of rotatable bonds is 16. The van der Waals surface area contributed by atoms with Crippen molar-refractivity contribution in [2.24, 2.45) is 0 Å². The molecule has 0 bridgehead atoms. The lowest BCUT2D eigenvalue weighted by molar-refractivity contribution is -0.535. The third-order valence-electron chi connectivity index (χ3n) is 3.94. The lowest BCUT2D eigenvalue weighted by atomic mass is 10.0. The largest absolute Gasteiger partial charge is 0.386 e. The number of carbonyl (C=O) groups is 1. The highest BCUT2D eigenvalue weighted by molar-refractivity contribution is 5.48. The molecule has 142 valence electrons. The Balaban J connectivity index is 4.00. The number of nitro groups is 1. The smallest absolute Gasteiger partial charge is 0.238 e. The second kappa shape index (κ2) is 17.1. The van der Waals surface area contributed by atoms with E-state index in [-0.39, 0.29) is 4.92 Å². The second-order valence-corrected chi connectivity index (χ2v) is 6.11. The van der Waals surface area contributed by atoms with Gasteiger partial charge in [-0.2, -0.15) is 0 Å². The van der Waals surface area contributed by atoms with E-state index in [1.54, 1.807) is 0 Å². The average Bonchev–Trinajstić information content (AvgIpc) is 2.59. The van der Waals surface area contributed by atoms with Crippen LogP contribution >= 0.6 is 0 Å². The summed E-state index contributed by atoms with van der Waals surface area (Å²) in [5.74, 6) is 0. The van der Waals surface area contributed by atoms with Crippen LogP contribution in [0.5, 0.6) is 0 Å². The van der Waals surface area contributed by atoms with Crippen LogP contribution in [0.15, 0.2) is 36.5 Å². The van der Waals surface area contributed by atoms with Gasteiger partial charge >= 0.3 is 0 Å². The predicted molar refractivity (Wildman–Crippen MR) is 102 cm³/mol. The van der Waals surface area contributed by atoms with Gasteiger partial charge in [-0.3, -0.25) is 10.1 Å². The number of aliphatic hydroxyl groups excluding tert-OH is 1. The number of nitrogens with zero attached hydrogens (tertiary/aromatic N) is 1. The minimum Gasteiger partial charge on any atom is -0.386 e. The van der Waals surface area contributed by atoms with Crippen molar-refractivity contribution in [1.82, 2.24) is 0 Å². The summed E-state index contributed by atoms with van der Waals surface area (Å²) in [6.07, 6.45) is 19.3. The predicted octanol–water partition coefficient (Wildman–Crippen LogP) is 4.78. The van der Waals surface area contributed by atoms with Crippen LogP contribution in [0.3, 0.4) is 0 Å². The highest BCUT2D eigenvalue weighted by Gasteiger charge is 2.27. The summed E-state index contributed by atoms with van der Waals surface area (Å²) < 4.78 is 0. The van der Waals surface area contributed by atoms with E-state index < -0.39 is 12.1 Å². The molecule has 2 unspecified atom stereocenters. The number of unbranched alkanes of at least 4 members (excludes halogenated alkanes) is 4. The molecule has 0 amide bonds. The van der Waals surface area contributed by atoms with Gasteiger partial charge in [0.1, 0.15) is 12.4 Å². The number of aliphatic hydroxyl groups is 1. The molecule has 1 N–H and O–H groups in total. The molecule has 25 heavy (non-hydrogen) atoms. The Morgan fingerprint density at radius 3 is 2.16 bits per heavy atom. The molecule has 0 radical (unpaired) electrons. The fourth-order valence-electron chi connectivity index (χ4n) is 2.47. The highest BCUT2D eigenvalue weighted by atomic mass is 16.6. The van der Waals surface area contributed by atoms with Crippen molar-refractivity contribution >= 4 is 6.29 Å². The molecular formula is C20H33NO4. The van der Waals surface area contributed by atoms with E-state index in [0.717, 1.165) is 44.8 Å². The first-order valence-corrected chi connectivity index (χ1v) is 9.33. The van der Waals surface area contributed by atoms with Gasteiger partial charge in [-0.15, -0.1) is 0 Å². The van der Waals surface area contributed by atoms with Gasteiger partial charge in [0, 0.05) is 17.8 Å². The van der Waals surface area contributed by atoms with Crippen LogP contribution in [0.4, 0.5) is 0 Å². The van der Waals surface area contributed by atoms with Crippen molar-refractivity contribution in [3.63, 3.8) is 0 Å². The van der Waals surface area contributed by atoms with Gasteiger partial charge in [-0.25, -0.2) is 0 Å². The van der Waals surface area contributed by atoms with Gasteiger partial charge in [0.05, 0.1) is 0 Å². The lowest BCUT2D eigenvalue weighted by Gasteiger charge is -2.14. The zero-order chi connectivity index (χ0) is 18.8. The monoisotopic (exact) mass is 351 g/mol. The van der Waals surface area contributed by atoms with Crippen molar-refractivity contribution in [2.75, 3.05) is 0 Å². The summed E-state index contributed by atoms with van der Waals surface area (Å²) in [5, 5.41) is 21.2. The number of hydrogen-bond donors (Lipinski definition) is 1. The van der Waals surface area contributed by atoms with Gasteiger partial charge in [0.2, 0.25) is 6.04 Å². The zero-order valence-corrected chi connectivity index (χ0v) is 15.4. The Morgan fingerprint density at radius 2 is 1.56 bits per heavy atom. The van der Waals surface area contributed by atoms with Crippen LogP contribution < -0.4 is 0 Å². The molecule has 2 atom stereocenters. The molecule has 0 saturated carbocycles. The Morgan fingerprint density at radius 1 is 0.960 bits per heavy atom. The molecule has 0 saturated heterocycles. The maximum absolute atomic E-state index is 11.1.